The molecule has 4 heteroatoms. The van der Waals surface area contributed by atoms with Gasteiger partial charge in [0.15, 0.2) is 5.75 Å². The van der Waals surface area contributed by atoms with Gasteiger partial charge in [-0.1, -0.05) is 11.6 Å². The van der Waals surface area contributed by atoms with Crippen molar-refractivity contribution in [3.63, 3.8) is 0 Å². The summed E-state index contributed by atoms with van der Waals surface area (Å²) in [4.78, 5) is 3.82. The highest BCUT2D eigenvalue weighted by molar-refractivity contribution is 9.10. The zero-order valence-corrected chi connectivity index (χ0v) is 7.57. The maximum Gasteiger partial charge on any atom is 0.151 e. The van der Waals surface area contributed by atoms with E-state index >= 15 is 0 Å². The Morgan fingerprint density at radius 2 is 2.30 bits per heavy atom. The minimum atomic E-state index is 0.143. The van der Waals surface area contributed by atoms with Gasteiger partial charge in [-0.05, 0) is 28.9 Å². The number of nitrogens with zero attached hydrogens (tertiary/aromatic N) is 1. The number of aryl methyl sites for hydroxylation is 1. The first-order valence-electron chi connectivity index (χ1n) is 2.63. The van der Waals surface area contributed by atoms with Crippen LogP contribution in [0.1, 0.15) is 5.69 Å². The Hall–Kier alpha value is -0.280. The first-order chi connectivity index (χ1) is 4.61. The minimum absolute atomic E-state index is 0.143. The van der Waals surface area contributed by atoms with E-state index in [0.29, 0.717) is 15.3 Å². The summed E-state index contributed by atoms with van der Waals surface area (Å²) in [5.74, 6) is 0.143. The van der Waals surface area contributed by atoms with Crippen molar-refractivity contribution in [2.45, 2.75) is 6.92 Å². The van der Waals surface area contributed by atoms with Gasteiger partial charge in [-0.15, -0.1) is 0 Å². The summed E-state index contributed by atoms with van der Waals surface area (Å²) in [7, 11) is 0. The Morgan fingerprint density at radius 3 is 2.80 bits per heavy atom. The van der Waals surface area contributed by atoms with E-state index in [1.165, 1.54) is 0 Å². The number of rotatable bonds is 0. The van der Waals surface area contributed by atoms with E-state index in [4.69, 9.17) is 16.7 Å². The second-order valence-electron chi connectivity index (χ2n) is 1.86. The summed E-state index contributed by atoms with van der Waals surface area (Å²) in [5, 5.41) is 9.54. The maximum absolute atomic E-state index is 9.16. The van der Waals surface area contributed by atoms with Crippen molar-refractivity contribution in [1.82, 2.24) is 4.98 Å². The molecule has 0 saturated heterocycles. The molecule has 2 nitrogen and oxygen atoms in total. The van der Waals surface area contributed by atoms with Crippen LogP contribution in [0.2, 0.25) is 5.15 Å². The SMILES string of the molecule is Cc1nc(Cl)cc(Br)c1O. The molecular weight excluding hydrogens is 217 g/mol. The third-order valence-corrected chi connectivity index (χ3v) is 1.89. The molecule has 0 saturated carbocycles. The summed E-state index contributed by atoms with van der Waals surface area (Å²) in [6, 6.07) is 1.55. The second kappa shape index (κ2) is 2.76. The highest BCUT2D eigenvalue weighted by Gasteiger charge is 2.03. The summed E-state index contributed by atoms with van der Waals surface area (Å²) in [6.07, 6.45) is 0. The number of hydrogen-bond acceptors (Lipinski definition) is 2. The van der Waals surface area contributed by atoms with E-state index in [1.807, 2.05) is 0 Å². The van der Waals surface area contributed by atoms with Crippen molar-refractivity contribution in [2.75, 3.05) is 0 Å². The van der Waals surface area contributed by atoms with Gasteiger partial charge in [0, 0.05) is 0 Å². The van der Waals surface area contributed by atoms with Crippen molar-refractivity contribution in [1.29, 1.82) is 0 Å². The molecule has 1 rings (SSSR count). The quantitative estimate of drug-likeness (QED) is 0.684. The monoisotopic (exact) mass is 221 g/mol. The predicted octanol–water partition coefficient (Wildman–Crippen LogP) is 2.51. The van der Waals surface area contributed by atoms with E-state index in [-0.39, 0.29) is 5.75 Å². The molecule has 0 aromatic carbocycles. The van der Waals surface area contributed by atoms with Crippen molar-refractivity contribution in [3.8, 4) is 5.75 Å². The van der Waals surface area contributed by atoms with Gasteiger partial charge in [-0.3, -0.25) is 0 Å². The second-order valence-corrected chi connectivity index (χ2v) is 3.10. The molecule has 0 radical (unpaired) electrons. The fourth-order valence-corrected chi connectivity index (χ4v) is 1.46. The van der Waals surface area contributed by atoms with E-state index < -0.39 is 0 Å². The molecule has 1 heterocycles. The largest absolute Gasteiger partial charge is 0.505 e. The van der Waals surface area contributed by atoms with Gasteiger partial charge in [0.1, 0.15) is 5.15 Å². The summed E-state index contributed by atoms with van der Waals surface area (Å²) < 4.78 is 0.574. The Balaban J connectivity index is 3.31. The van der Waals surface area contributed by atoms with Crippen LogP contribution in [0.3, 0.4) is 0 Å². The normalized spacial score (nSPS) is 9.90. The first-order valence-corrected chi connectivity index (χ1v) is 3.80. The van der Waals surface area contributed by atoms with Crippen molar-refractivity contribution < 1.29 is 5.11 Å². The number of halogens is 2. The Morgan fingerprint density at radius 1 is 1.70 bits per heavy atom. The van der Waals surface area contributed by atoms with E-state index in [9.17, 15) is 0 Å². The molecule has 0 fully saturated rings. The molecule has 0 aliphatic rings. The fourth-order valence-electron chi connectivity index (χ4n) is 0.591. The van der Waals surface area contributed by atoms with Crippen LogP contribution in [0.5, 0.6) is 5.75 Å². The molecule has 10 heavy (non-hydrogen) atoms. The third-order valence-electron chi connectivity index (χ3n) is 1.09. The summed E-state index contributed by atoms with van der Waals surface area (Å²) in [6.45, 7) is 1.69. The van der Waals surface area contributed by atoms with Gasteiger partial charge >= 0.3 is 0 Å². The summed E-state index contributed by atoms with van der Waals surface area (Å²) in [5.41, 5.74) is 0.527. The van der Waals surface area contributed by atoms with Crippen LogP contribution in [-0.4, -0.2) is 10.1 Å². The molecular formula is C6H5BrClNO. The lowest BCUT2D eigenvalue weighted by Crippen LogP contribution is -1.82. The molecule has 1 aromatic heterocycles. The molecule has 0 aliphatic carbocycles. The standard InChI is InChI=1S/C6H5BrClNO/c1-3-6(10)4(7)2-5(8)9-3/h2,10H,1H3. The number of pyridine rings is 1. The highest BCUT2D eigenvalue weighted by atomic mass is 79.9. The topological polar surface area (TPSA) is 33.1 Å². The van der Waals surface area contributed by atoms with Crippen molar-refractivity contribution in [2.24, 2.45) is 0 Å². The van der Waals surface area contributed by atoms with Crippen LogP contribution in [0.4, 0.5) is 0 Å². The van der Waals surface area contributed by atoms with Crippen LogP contribution >= 0.6 is 27.5 Å². The van der Waals surface area contributed by atoms with Gasteiger partial charge < -0.3 is 5.11 Å². The highest BCUT2D eigenvalue weighted by Crippen LogP contribution is 2.27. The van der Waals surface area contributed by atoms with E-state index in [0.717, 1.165) is 0 Å². The van der Waals surface area contributed by atoms with Crippen molar-refractivity contribution >= 4 is 27.5 Å². The predicted molar refractivity (Wildman–Crippen MR) is 43.3 cm³/mol. The zero-order valence-electron chi connectivity index (χ0n) is 5.23. The van der Waals surface area contributed by atoms with E-state index in [2.05, 4.69) is 20.9 Å². The summed E-state index contributed by atoms with van der Waals surface area (Å²) >= 11 is 8.69. The third kappa shape index (κ3) is 1.41. The fraction of sp³-hybridized carbons (Fsp3) is 0.167. The lowest BCUT2D eigenvalue weighted by Gasteiger charge is -1.99. The van der Waals surface area contributed by atoms with Crippen LogP contribution in [0.15, 0.2) is 10.5 Å². The average molecular weight is 222 g/mol. The van der Waals surface area contributed by atoms with Gasteiger partial charge in [0.25, 0.3) is 0 Å². The smallest absolute Gasteiger partial charge is 0.151 e. The Bertz CT molecular complexity index is 241. The Kier molecular flexibility index (Phi) is 2.16. The molecule has 1 N–H and O–H groups in total. The molecule has 0 amide bonds. The maximum atomic E-state index is 9.16. The number of aromatic hydroxyl groups is 1. The Labute approximate surface area is 72.0 Å². The molecule has 0 spiro atoms. The first kappa shape index (κ1) is 7.82. The lowest BCUT2D eigenvalue weighted by molar-refractivity contribution is 0.464. The van der Waals surface area contributed by atoms with E-state index in [1.54, 1.807) is 13.0 Å². The zero-order chi connectivity index (χ0) is 7.72. The lowest BCUT2D eigenvalue weighted by atomic mass is 10.3. The van der Waals surface area contributed by atoms with Crippen molar-refractivity contribution in [3.05, 3.63) is 21.4 Å². The molecule has 0 bridgehead atoms. The minimum Gasteiger partial charge on any atom is -0.505 e. The van der Waals surface area contributed by atoms with Gasteiger partial charge in [0.2, 0.25) is 0 Å². The van der Waals surface area contributed by atoms with Gasteiger partial charge in [-0.2, -0.15) is 0 Å². The molecule has 0 atom stereocenters. The number of aromatic nitrogens is 1. The average Bonchev–Trinajstić information content (AvgIpc) is 1.82. The van der Waals surface area contributed by atoms with Crippen LogP contribution < -0.4 is 0 Å². The molecule has 0 unspecified atom stereocenters. The van der Waals surface area contributed by atoms with Crippen LogP contribution in [-0.2, 0) is 0 Å². The van der Waals surface area contributed by atoms with Crippen LogP contribution in [0.25, 0.3) is 0 Å². The van der Waals surface area contributed by atoms with Gasteiger partial charge in [-0.25, -0.2) is 4.98 Å². The van der Waals surface area contributed by atoms with Gasteiger partial charge in [0.05, 0.1) is 10.2 Å². The van der Waals surface area contributed by atoms with Crippen LogP contribution in [0, 0.1) is 6.92 Å². The molecule has 1 aromatic rings. The molecule has 0 aliphatic heterocycles. The number of hydrogen-bond donors (Lipinski definition) is 1. The molecule has 54 valence electrons.